The van der Waals surface area contributed by atoms with E-state index in [0.717, 1.165) is 37.3 Å². The Morgan fingerprint density at radius 3 is 2.73 bits per heavy atom. The van der Waals surface area contributed by atoms with Gasteiger partial charge in [0.2, 0.25) is 11.9 Å². The van der Waals surface area contributed by atoms with Gasteiger partial charge in [-0.15, -0.1) is 0 Å². The summed E-state index contributed by atoms with van der Waals surface area (Å²) < 4.78 is 13.0. The summed E-state index contributed by atoms with van der Waals surface area (Å²) in [5.41, 5.74) is 2.25. The van der Waals surface area contributed by atoms with Gasteiger partial charge in [-0.25, -0.2) is 24.3 Å². The minimum Gasteiger partial charge on any atom is -0.325 e. The molecule has 4 rings (SSSR count). The highest BCUT2D eigenvalue weighted by Gasteiger charge is 2.24. The normalized spacial score (nSPS) is 16.8. The van der Waals surface area contributed by atoms with Crippen molar-refractivity contribution in [2.45, 2.75) is 18.8 Å². The quantitative estimate of drug-likeness (QED) is 0.648. The van der Waals surface area contributed by atoms with E-state index >= 15 is 0 Å². The van der Waals surface area contributed by atoms with Gasteiger partial charge in [0, 0.05) is 24.3 Å². The van der Waals surface area contributed by atoms with E-state index in [1.165, 1.54) is 18.5 Å². The molecule has 1 unspecified atom stereocenters. The molecule has 0 bridgehead atoms. The first-order chi connectivity index (χ1) is 14.7. The first kappa shape index (κ1) is 19.8. The van der Waals surface area contributed by atoms with Crippen LogP contribution in [0.25, 0.3) is 0 Å². The molecule has 9 heteroatoms. The number of aromatic nitrogens is 4. The molecule has 1 aromatic carbocycles. The van der Waals surface area contributed by atoms with Crippen molar-refractivity contribution in [3.05, 3.63) is 66.8 Å². The largest absolute Gasteiger partial charge is 0.325 e. The number of rotatable bonds is 6. The zero-order chi connectivity index (χ0) is 20.8. The summed E-state index contributed by atoms with van der Waals surface area (Å²) in [6.07, 6.45) is 8.49. The molecule has 1 saturated heterocycles. The lowest BCUT2D eigenvalue weighted by Crippen LogP contribution is -2.40. The van der Waals surface area contributed by atoms with Crippen LogP contribution >= 0.6 is 0 Å². The van der Waals surface area contributed by atoms with E-state index in [4.69, 9.17) is 0 Å². The average Bonchev–Trinajstić information content (AvgIpc) is 2.76. The van der Waals surface area contributed by atoms with Gasteiger partial charge in [0.25, 0.3) is 0 Å². The van der Waals surface area contributed by atoms with Crippen molar-refractivity contribution in [1.29, 1.82) is 0 Å². The number of amides is 1. The number of nitrogens with zero attached hydrogens (tertiary/aromatic N) is 5. The summed E-state index contributed by atoms with van der Waals surface area (Å²) in [5.74, 6) is 0.267. The third kappa shape index (κ3) is 5.32. The van der Waals surface area contributed by atoms with Crippen LogP contribution in [0.5, 0.6) is 0 Å². The van der Waals surface area contributed by atoms with Crippen LogP contribution in [0.3, 0.4) is 0 Å². The molecular weight excluding hydrogens is 385 g/mol. The second-order valence-electron chi connectivity index (χ2n) is 7.19. The number of piperidine rings is 1. The lowest BCUT2D eigenvalue weighted by atomic mass is 9.94. The minimum atomic E-state index is -0.328. The van der Waals surface area contributed by atoms with Gasteiger partial charge in [-0.3, -0.25) is 9.69 Å². The van der Waals surface area contributed by atoms with E-state index in [9.17, 15) is 9.18 Å². The fraction of sp³-hybridized carbons (Fsp3) is 0.286. The van der Waals surface area contributed by atoms with E-state index in [0.29, 0.717) is 11.6 Å². The molecule has 0 aliphatic carbocycles. The highest BCUT2D eigenvalue weighted by Crippen LogP contribution is 2.26. The molecule has 30 heavy (non-hydrogen) atoms. The Bertz CT molecular complexity index is 984. The van der Waals surface area contributed by atoms with Gasteiger partial charge in [-0.1, -0.05) is 0 Å². The highest BCUT2D eigenvalue weighted by atomic mass is 19.1. The Kier molecular flexibility index (Phi) is 6.19. The van der Waals surface area contributed by atoms with E-state index in [1.54, 1.807) is 30.7 Å². The van der Waals surface area contributed by atoms with Crippen LogP contribution < -0.4 is 10.6 Å². The molecule has 0 saturated carbocycles. The smallest absolute Gasteiger partial charge is 0.238 e. The fourth-order valence-electron chi connectivity index (χ4n) is 3.53. The number of hydrogen-bond acceptors (Lipinski definition) is 7. The van der Waals surface area contributed by atoms with Crippen molar-refractivity contribution in [2.24, 2.45) is 0 Å². The van der Waals surface area contributed by atoms with E-state index in [-0.39, 0.29) is 24.2 Å². The van der Waals surface area contributed by atoms with Crippen LogP contribution in [-0.4, -0.2) is 50.4 Å². The van der Waals surface area contributed by atoms with Crippen LogP contribution in [-0.2, 0) is 4.79 Å². The molecule has 3 heterocycles. The van der Waals surface area contributed by atoms with Crippen molar-refractivity contribution in [3.8, 4) is 0 Å². The maximum absolute atomic E-state index is 13.0. The zero-order valence-corrected chi connectivity index (χ0v) is 16.3. The maximum Gasteiger partial charge on any atom is 0.238 e. The number of nitrogens with one attached hydrogen (secondary N) is 2. The van der Waals surface area contributed by atoms with Crippen LogP contribution in [0.2, 0.25) is 0 Å². The average molecular weight is 407 g/mol. The summed E-state index contributed by atoms with van der Waals surface area (Å²) in [5, 5.41) is 5.92. The van der Waals surface area contributed by atoms with Gasteiger partial charge in [0.05, 0.1) is 30.3 Å². The summed E-state index contributed by atoms with van der Waals surface area (Å²) in [4.78, 5) is 31.3. The molecule has 2 aromatic heterocycles. The molecule has 154 valence electrons. The monoisotopic (exact) mass is 407 g/mol. The van der Waals surface area contributed by atoms with Gasteiger partial charge in [-0.05, 0) is 49.7 Å². The zero-order valence-electron chi connectivity index (χ0n) is 16.3. The maximum atomic E-state index is 13.0. The molecule has 0 radical (unpaired) electrons. The van der Waals surface area contributed by atoms with Gasteiger partial charge >= 0.3 is 0 Å². The summed E-state index contributed by atoms with van der Waals surface area (Å²) >= 11 is 0. The fourth-order valence-corrected chi connectivity index (χ4v) is 3.53. The van der Waals surface area contributed by atoms with Crippen LogP contribution in [0.1, 0.15) is 24.5 Å². The molecule has 1 atom stereocenters. The predicted molar refractivity (Wildman–Crippen MR) is 111 cm³/mol. The molecule has 1 aliphatic rings. The third-order valence-electron chi connectivity index (χ3n) is 4.91. The van der Waals surface area contributed by atoms with Crippen molar-refractivity contribution in [3.63, 3.8) is 0 Å². The molecular formula is C21H22FN7O. The van der Waals surface area contributed by atoms with Crippen molar-refractivity contribution < 1.29 is 9.18 Å². The van der Waals surface area contributed by atoms with Crippen LogP contribution in [0.4, 0.5) is 21.7 Å². The molecule has 8 nitrogen and oxygen atoms in total. The van der Waals surface area contributed by atoms with Crippen LogP contribution in [0, 0.1) is 5.82 Å². The second-order valence-corrected chi connectivity index (χ2v) is 7.19. The number of benzene rings is 1. The predicted octanol–water partition coefficient (Wildman–Crippen LogP) is 2.97. The van der Waals surface area contributed by atoms with Crippen molar-refractivity contribution >= 4 is 23.2 Å². The Balaban J connectivity index is 1.36. The second kappa shape index (κ2) is 9.36. The number of carbonyl (C=O) groups is 1. The Hall–Kier alpha value is -3.46. The lowest BCUT2D eigenvalue weighted by Gasteiger charge is -2.32. The number of halogens is 1. The molecule has 2 N–H and O–H groups in total. The first-order valence-corrected chi connectivity index (χ1v) is 9.78. The summed E-state index contributed by atoms with van der Waals surface area (Å²) in [6, 6.07) is 7.68. The molecule has 0 spiro atoms. The van der Waals surface area contributed by atoms with Gasteiger partial charge in [0.1, 0.15) is 12.1 Å². The molecule has 3 aromatic rings. The van der Waals surface area contributed by atoms with Crippen molar-refractivity contribution in [2.75, 3.05) is 30.3 Å². The summed E-state index contributed by atoms with van der Waals surface area (Å²) in [6.45, 7) is 1.87. The topological polar surface area (TPSA) is 95.9 Å². The molecule has 1 amide bonds. The number of hydrogen-bond donors (Lipinski definition) is 2. The third-order valence-corrected chi connectivity index (χ3v) is 4.91. The number of likely N-dealkylation sites (tertiary alicyclic amines) is 1. The van der Waals surface area contributed by atoms with Crippen LogP contribution in [0.15, 0.2) is 55.2 Å². The SMILES string of the molecule is O=C(CN1CCCC(c2ccnc(Nc3cncnc3)n2)C1)Nc1ccc(F)cc1. The first-order valence-electron chi connectivity index (χ1n) is 9.78. The number of anilines is 3. The van der Waals surface area contributed by atoms with Crippen molar-refractivity contribution in [1.82, 2.24) is 24.8 Å². The molecule has 1 aliphatic heterocycles. The van der Waals surface area contributed by atoms with Gasteiger partial charge in [-0.2, -0.15) is 0 Å². The Morgan fingerprint density at radius 1 is 1.13 bits per heavy atom. The number of carbonyl (C=O) groups excluding carboxylic acids is 1. The lowest BCUT2D eigenvalue weighted by molar-refractivity contribution is -0.117. The highest BCUT2D eigenvalue weighted by molar-refractivity contribution is 5.92. The van der Waals surface area contributed by atoms with Gasteiger partial charge < -0.3 is 10.6 Å². The minimum absolute atomic E-state index is 0.114. The summed E-state index contributed by atoms with van der Waals surface area (Å²) in [7, 11) is 0. The Morgan fingerprint density at radius 2 is 1.93 bits per heavy atom. The van der Waals surface area contributed by atoms with E-state index in [1.807, 2.05) is 6.07 Å². The van der Waals surface area contributed by atoms with E-state index < -0.39 is 0 Å². The van der Waals surface area contributed by atoms with Gasteiger partial charge in [0.15, 0.2) is 0 Å². The van der Waals surface area contributed by atoms with E-state index in [2.05, 4.69) is 35.5 Å². The Labute approximate surface area is 173 Å². The molecule has 1 fully saturated rings. The standard InChI is InChI=1S/C21H22FN7O/c22-16-3-5-17(6-4-16)26-20(30)13-29-9-1-2-15(12-29)19-7-8-25-21(28-19)27-18-10-23-14-24-11-18/h3-8,10-11,14-15H,1-2,9,12-13H2,(H,26,30)(H,25,27,28).